The van der Waals surface area contributed by atoms with E-state index in [1.54, 1.807) is 7.05 Å². The SMILES string of the molecule is CC[N+]1=C(SCCCO)N=C2C1C(=O)N(C)C(=O)N2C. The van der Waals surface area contributed by atoms with Gasteiger partial charge in [-0.1, -0.05) is 0 Å². The Balaban J connectivity index is 2.30. The fourth-order valence-electron chi connectivity index (χ4n) is 2.24. The molecule has 0 spiro atoms. The largest absolute Gasteiger partial charge is 0.396 e. The number of fused-ring (bicyclic) bond motifs is 1. The van der Waals surface area contributed by atoms with Gasteiger partial charge >= 0.3 is 11.2 Å². The van der Waals surface area contributed by atoms with Crippen molar-refractivity contribution in [2.75, 3.05) is 33.0 Å². The van der Waals surface area contributed by atoms with Crippen LogP contribution < -0.4 is 0 Å². The zero-order valence-electron chi connectivity index (χ0n) is 11.9. The van der Waals surface area contributed by atoms with Crippen LogP contribution in [0.5, 0.6) is 0 Å². The number of amides is 3. The average molecular weight is 299 g/mol. The summed E-state index contributed by atoms with van der Waals surface area (Å²) >= 11 is 1.50. The number of aliphatic imine (C=N–C) groups is 1. The Morgan fingerprint density at radius 3 is 2.65 bits per heavy atom. The third kappa shape index (κ3) is 2.33. The van der Waals surface area contributed by atoms with E-state index in [0.29, 0.717) is 18.8 Å². The van der Waals surface area contributed by atoms with Gasteiger partial charge in [-0.2, -0.15) is 0 Å². The Labute approximate surface area is 122 Å². The van der Waals surface area contributed by atoms with Gasteiger partial charge in [-0.15, -0.1) is 0 Å². The lowest BCUT2D eigenvalue weighted by Crippen LogP contribution is -2.61. The van der Waals surface area contributed by atoms with Crippen LogP contribution in [0.1, 0.15) is 13.3 Å². The minimum absolute atomic E-state index is 0.131. The minimum Gasteiger partial charge on any atom is -0.396 e. The molecule has 20 heavy (non-hydrogen) atoms. The summed E-state index contributed by atoms with van der Waals surface area (Å²) in [6.45, 7) is 2.72. The Morgan fingerprint density at radius 2 is 2.05 bits per heavy atom. The van der Waals surface area contributed by atoms with Crippen LogP contribution in [0.25, 0.3) is 0 Å². The van der Waals surface area contributed by atoms with E-state index in [4.69, 9.17) is 5.11 Å². The number of imide groups is 1. The number of hydrogen-bond donors (Lipinski definition) is 1. The van der Waals surface area contributed by atoms with E-state index in [1.807, 2.05) is 11.5 Å². The summed E-state index contributed by atoms with van der Waals surface area (Å²) in [5.74, 6) is 0.978. The van der Waals surface area contributed by atoms with Crippen molar-refractivity contribution in [1.29, 1.82) is 0 Å². The highest BCUT2D eigenvalue weighted by atomic mass is 32.2. The number of nitrogens with zero attached hydrogens (tertiary/aromatic N) is 4. The fourth-order valence-corrected chi connectivity index (χ4v) is 3.25. The molecule has 0 aromatic carbocycles. The molecule has 110 valence electrons. The number of aliphatic hydroxyl groups is 1. The molecule has 0 bridgehead atoms. The molecule has 2 aliphatic rings. The van der Waals surface area contributed by atoms with Gasteiger partial charge in [0.05, 0.1) is 6.54 Å². The summed E-state index contributed by atoms with van der Waals surface area (Å²) in [4.78, 5) is 31.2. The maximum atomic E-state index is 12.3. The molecule has 1 fully saturated rings. The Kier molecular flexibility index (Phi) is 4.44. The van der Waals surface area contributed by atoms with Crippen LogP contribution in [0.15, 0.2) is 4.99 Å². The van der Waals surface area contributed by atoms with Crippen LogP contribution in [0.4, 0.5) is 4.79 Å². The van der Waals surface area contributed by atoms with E-state index >= 15 is 0 Å². The molecule has 3 amide bonds. The highest BCUT2D eigenvalue weighted by Gasteiger charge is 2.52. The van der Waals surface area contributed by atoms with Gasteiger partial charge in [0.2, 0.25) is 0 Å². The van der Waals surface area contributed by atoms with Gasteiger partial charge in [-0.05, 0) is 30.1 Å². The fraction of sp³-hybridized carbons (Fsp3) is 0.667. The molecular formula is C12H19N4O3S+. The number of aliphatic hydroxyl groups excluding tert-OH is 1. The molecule has 7 nitrogen and oxygen atoms in total. The molecule has 0 saturated carbocycles. The minimum atomic E-state index is -0.510. The highest BCUT2D eigenvalue weighted by Crippen LogP contribution is 2.22. The monoisotopic (exact) mass is 299 g/mol. The van der Waals surface area contributed by atoms with E-state index in [9.17, 15) is 9.59 Å². The van der Waals surface area contributed by atoms with Crippen molar-refractivity contribution in [2.45, 2.75) is 19.4 Å². The van der Waals surface area contributed by atoms with Gasteiger partial charge in [0.25, 0.3) is 17.8 Å². The number of amidine groups is 2. The van der Waals surface area contributed by atoms with Crippen LogP contribution in [-0.2, 0) is 4.79 Å². The van der Waals surface area contributed by atoms with Crippen molar-refractivity contribution in [3.8, 4) is 0 Å². The quantitative estimate of drug-likeness (QED) is 0.576. The molecule has 1 saturated heterocycles. The highest BCUT2D eigenvalue weighted by molar-refractivity contribution is 8.13. The molecule has 1 unspecified atom stereocenters. The van der Waals surface area contributed by atoms with E-state index in [2.05, 4.69) is 4.99 Å². The molecule has 2 rings (SSSR count). The molecule has 0 aromatic heterocycles. The lowest BCUT2D eigenvalue weighted by atomic mass is 10.1. The van der Waals surface area contributed by atoms with Gasteiger partial charge in [-0.25, -0.2) is 9.37 Å². The summed E-state index contributed by atoms with van der Waals surface area (Å²) in [6, 6.07) is -0.869. The zero-order chi connectivity index (χ0) is 14.9. The maximum Gasteiger partial charge on any atom is 0.357 e. The standard InChI is InChI=1S/C12H19N4O3S/c1-4-16-8-9(13-11(16)20-7-5-6-17)14(2)12(19)15(3)10(8)18/h8,17H,4-7H2,1-3H3/q+1. The molecular weight excluding hydrogens is 280 g/mol. The first-order valence-corrected chi connectivity index (χ1v) is 7.52. The summed E-state index contributed by atoms with van der Waals surface area (Å²) in [7, 11) is 3.12. The topological polar surface area (TPSA) is 76.2 Å². The first-order valence-electron chi connectivity index (χ1n) is 6.54. The average Bonchev–Trinajstić information content (AvgIpc) is 2.82. The lowest BCUT2D eigenvalue weighted by Gasteiger charge is -2.30. The molecule has 2 aliphatic heterocycles. The second-order valence-electron chi connectivity index (χ2n) is 4.61. The van der Waals surface area contributed by atoms with Crippen molar-refractivity contribution in [2.24, 2.45) is 4.99 Å². The number of urea groups is 1. The van der Waals surface area contributed by atoms with Gasteiger partial charge < -0.3 is 5.11 Å². The van der Waals surface area contributed by atoms with Crippen molar-refractivity contribution < 1.29 is 19.3 Å². The van der Waals surface area contributed by atoms with Crippen LogP contribution in [-0.4, -0.2) is 81.5 Å². The second kappa shape index (κ2) is 5.92. The molecule has 0 aromatic rings. The normalized spacial score (nSPS) is 22.6. The Morgan fingerprint density at radius 1 is 1.35 bits per heavy atom. The van der Waals surface area contributed by atoms with Crippen molar-refractivity contribution in [3.63, 3.8) is 0 Å². The third-order valence-corrected chi connectivity index (χ3v) is 4.45. The first-order chi connectivity index (χ1) is 9.52. The summed E-state index contributed by atoms with van der Waals surface area (Å²) in [5, 5.41) is 9.58. The summed E-state index contributed by atoms with van der Waals surface area (Å²) in [5.41, 5.74) is 0. The van der Waals surface area contributed by atoms with Crippen LogP contribution in [0, 0.1) is 0 Å². The Bertz CT molecular complexity index is 503. The van der Waals surface area contributed by atoms with Crippen LogP contribution in [0.3, 0.4) is 0 Å². The third-order valence-electron chi connectivity index (χ3n) is 3.37. The predicted octanol–water partition coefficient (Wildman–Crippen LogP) is -0.205. The van der Waals surface area contributed by atoms with Crippen LogP contribution in [0.2, 0.25) is 0 Å². The molecule has 8 heteroatoms. The zero-order valence-corrected chi connectivity index (χ0v) is 12.7. The van der Waals surface area contributed by atoms with E-state index in [-0.39, 0.29) is 18.5 Å². The van der Waals surface area contributed by atoms with Crippen molar-refractivity contribution in [1.82, 2.24) is 9.80 Å². The summed E-state index contributed by atoms with van der Waals surface area (Å²) < 4.78 is 1.90. The van der Waals surface area contributed by atoms with Crippen molar-refractivity contribution >= 4 is 34.7 Å². The van der Waals surface area contributed by atoms with E-state index < -0.39 is 6.04 Å². The van der Waals surface area contributed by atoms with E-state index in [1.165, 1.54) is 23.7 Å². The molecule has 1 N–H and O–H groups in total. The number of hydrogen-bond acceptors (Lipinski definition) is 5. The lowest BCUT2D eigenvalue weighted by molar-refractivity contribution is -0.529. The number of thioether (sulfide) groups is 1. The predicted molar refractivity (Wildman–Crippen MR) is 77.1 cm³/mol. The maximum absolute atomic E-state index is 12.3. The molecule has 0 radical (unpaired) electrons. The Hall–Kier alpha value is -1.41. The number of carbonyl (C=O) groups excluding carboxylic acids is 2. The van der Waals surface area contributed by atoms with Gasteiger partial charge in [0.1, 0.15) is 0 Å². The number of rotatable bonds is 4. The van der Waals surface area contributed by atoms with E-state index in [0.717, 1.165) is 15.8 Å². The molecule has 0 aliphatic carbocycles. The van der Waals surface area contributed by atoms with Crippen LogP contribution >= 0.6 is 11.8 Å². The van der Waals surface area contributed by atoms with Gasteiger partial charge in [-0.3, -0.25) is 14.6 Å². The number of carbonyl (C=O) groups is 2. The second-order valence-corrected chi connectivity index (χ2v) is 5.67. The molecule has 1 atom stereocenters. The summed E-state index contributed by atoms with van der Waals surface area (Å²) in [6.07, 6.45) is 0.670. The number of likely N-dealkylation sites (N-methyl/N-ethyl adjacent to an activating group) is 3. The molecule has 2 heterocycles. The van der Waals surface area contributed by atoms with Gasteiger partial charge in [0, 0.05) is 26.5 Å². The smallest absolute Gasteiger partial charge is 0.357 e. The van der Waals surface area contributed by atoms with Gasteiger partial charge in [0.15, 0.2) is 0 Å². The first kappa shape index (κ1) is 15.0. The van der Waals surface area contributed by atoms with Crippen molar-refractivity contribution in [3.05, 3.63) is 0 Å².